The highest BCUT2D eigenvalue weighted by Crippen LogP contribution is 2.30. The van der Waals surface area contributed by atoms with Crippen LogP contribution in [-0.4, -0.2) is 12.8 Å². The first-order chi connectivity index (χ1) is 3.79. The topological polar surface area (TPSA) is 26.3 Å². The van der Waals surface area contributed by atoms with Crippen LogP contribution in [0.3, 0.4) is 0 Å². The van der Waals surface area contributed by atoms with E-state index in [0.717, 1.165) is 12.8 Å². The Bertz CT molecular complexity index is 98.6. The molecule has 1 saturated carbocycles. The lowest BCUT2D eigenvalue weighted by Crippen LogP contribution is -2.17. The Kier molecular flexibility index (Phi) is 1.98. The fourth-order valence-electron chi connectivity index (χ4n) is 0.686. The van der Waals surface area contributed by atoms with Crippen LogP contribution in [0.4, 0.5) is 0 Å². The second-order valence-corrected chi connectivity index (χ2v) is 3.19. The molecule has 46 valence electrons. The second kappa shape index (κ2) is 2.56. The summed E-state index contributed by atoms with van der Waals surface area (Å²) in [5.74, 6) is 0. The number of rotatable bonds is 2. The molecule has 1 unspecified atom stereocenters. The van der Waals surface area contributed by atoms with Gasteiger partial charge in [0, 0.05) is 0 Å². The third-order valence-electron chi connectivity index (χ3n) is 1.35. The highest BCUT2D eigenvalue weighted by molar-refractivity contribution is 7.38. The van der Waals surface area contributed by atoms with Crippen LogP contribution in [0.5, 0.6) is 0 Å². The lowest BCUT2D eigenvalue weighted by atomic mass is 9.97. The molecular formula is C5H10O2P+. The molecular weight excluding hydrogens is 123 g/mol. The van der Waals surface area contributed by atoms with Gasteiger partial charge in [-0.1, -0.05) is 0 Å². The van der Waals surface area contributed by atoms with E-state index in [1.165, 1.54) is 6.42 Å². The van der Waals surface area contributed by atoms with Crippen molar-refractivity contribution < 1.29 is 9.09 Å². The maximum absolute atomic E-state index is 10.4. The Hall–Kier alpha value is 0.0600. The molecule has 0 heterocycles. The van der Waals surface area contributed by atoms with Gasteiger partial charge in [0.15, 0.2) is 6.66 Å². The largest absolute Gasteiger partial charge is 0.505 e. The Morgan fingerprint density at radius 1 is 1.62 bits per heavy atom. The molecule has 0 aromatic rings. The molecule has 0 bridgehead atoms. The molecule has 1 aliphatic carbocycles. The van der Waals surface area contributed by atoms with Gasteiger partial charge in [0.25, 0.3) is 0 Å². The van der Waals surface area contributed by atoms with E-state index in [1.807, 2.05) is 0 Å². The van der Waals surface area contributed by atoms with Gasteiger partial charge in [-0.25, -0.2) is 0 Å². The van der Waals surface area contributed by atoms with Gasteiger partial charge in [0.05, 0.1) is 0 Å². The van der Waals surface area contributed by atoms with Crippen molar-refractivity contribution in [3.05, 3.63) is 0 Å². The van der Waals surface area contributed by atoms with E-state index in [4.69, 9.17) is 4.52 Å². The molecule has 0 aromatic heterocycles. The molecule has 1 fully saturated rings. The van der Waals surface area contributed by atoms with Crippen molar-refractivity contribution in [3.63, 3.8) is 0 Å². The minimum absolute atomic E-state index is 0.323. The van der Waals surface area contributed by atoms with Gasteiger partial charge >= 0.3 is 8.03 Å². The first kappa shape index (κ1) is 6.18. The van der Waals surface area contributed by atoms with Gasteiger partial charge in [0.2, 0.25) is 0 Å². The van der Waals surface area contributed by atoms with Crippen LogP contribution in [0.2, 0.25) is 0 Å². The molecule has 1 rings (SSSR count). The third kappa shape index (κ3) is 1.53. The summed E-state index contributed by atoms with van der Waals surface area (Å²) in [5, 5.41) is 0. The van der Waals surface area contributed by atoms with E-state index in [-0.39, 0.29) is 0 Å². The van der Waals surface area contributed by atoms with Crippen LogP contribution in [-0.2, 0) is 9.09 Å². The van der Waals surface area contributed by atoms with Gasteiger partial charge in [-0.05, 0) is 23.8 Å². The van der Waals surface area contributed by atoms with E-state index in [9.17, 15) is 4.57 Å². The maximum Gasteiger partial charge on any atom is 0.505 e. The van der Waals surface area contributed by atoms with E-state index in [1.54, 1.807) is 6.66 Å². The fraction of sp³-hybridized carbons (Fsp3) is 1.00. The van der Waals surface area contributed by atoms with Crippen LogP contribution in [0.25, 0.3) is 0 Å². The zero-order valence-electron chi connectivity index (χ0n) is 4.96. The van der Waals surface area contributed by atoms with E-state index >= 15 is 0 Å². The standard InChI is InChI=1S/C5H10O2P/c1-8(6)7-5-3-2-4-5/h5H,2-4H2,1H3/q+1. The molecule has 0 amide bonds. The number of hydrogen-bond acceptors (Lipinski definition) is 2. The molecule has 0 spiro atoms. The fourth-order valence-corrected chi connectivity index (χ4v) is 1.32. The molecule has 8 heavy (non-hydrogen) atoms. The summed E-state index contributed by atoms with van der Waals surface area (Å²) in [5.41, 5.74) is 0. The summed E-state index contributed by atoms with van der Waals surface area (Å²) in [6.07, 6.45) is 3.78. The SMILES string of the molecule is C[P+](=O)OC1CCC1. The first-order valence-electron chi connectivity index (χ1n) is 2.86. The van der Waals surface area contributed by atoms with Crippen LogP contribution >= 0.6 is 8.03 Å². The summed E-state index contributed by atoms with van der Waals surface area (Å²) in [6, 6.07) is 0. The molecule has 3 heteroatoms. The summed E-state index contributed by atoms with van der Waals surface area (Å²) >= 11 is 0. The molecule has 0 N–H and O–H groups in total. The highest BCUT2D eigenvalue weighted by Gasteiger charge is 2.25. The van der Waals surface area contributed by atoms with Crippen molar-refractivity contribution in [2.45, 2.75) is 25.4 Å². The van der Waals surface area contributed by atoms with Gasteiger partial charge in [0.1, 0.15) is 6.10 Å². The van der Waals surface area contributed by atoms with E-state index in [0.29, 0.717) is 6.10 Å². The average Bonchev–Trinajstić information content (AvgIpc) is 1.55. The van der Waals surface area contributed by atoms with Crippen LogP contribution in [0.15, 0.2) is 0 Å². The molecule has 0 saturated heterocycles. The quantitative estimate of drug-likeness (QED) is 0.538. The molecule has 0 radical (unpaired) electrons. The van der Waals surface area contributed by atoms with Crippen LogP contribution in [0.1, 0.15) is 19.3 Å². The van der Waals surface area contributed by atoms with Gasteiger partial charge in [-0.15, -0.1) is 4.52 Å². The van der Waals surface area contributed by atoms with Crippen molar-refractivity contribution >= 4 is 8.03 Å². The van der Waals surface area contributed by atoms with Crippen molar-refractivity contribution in [3.8, 4) is 0 Å². The Morgan fingerprint density at radius 3 is 2.38 bits per heavy atom. The first-order valence-corrected chi connectivity index (χ1v) is 4.49. The predicted molar refractivity (Wildman–Crippen MR) is 32.3 cm³/mol. The Labute approximate surface area is 50.1 Å². The molecule has 2 nitrogen and oxygen atoms in total. The molecule has 0 aromatic carbocycles. The summed E-state index contributed by atoms with van der Waals surface area (Å²) in [4.78, 5) is 0. The summed E-state index contributed by atoms with van der Waals surface area (Å²) in [6.45, 7) is 1.60. The molecule has 1 atom stereocenters. The minimum atomic E-state index is -1.34. The number of hydrogen-bond donors (Lipinski definition) is 0. The van der Waals surface area contributed by atoms with Gasteiger partial charge < -0.3 is 0 Å². The van der Waals surface area contributed by atoms with E-state index < -0.39 is 8.03 Å². The normalized spacial score (nSPS) is 22.4. The van der Waals surface area contributed by atoms with Crippen LogP contribution in [0, 0.1) is 0 Å². The Morgan fingerprint density at radius 2 is 2.25 bits per heavy atom. The maximum atomic E-state index is 10.4. The van der Waals surface area contributed by atoms with Crippen molar-refractivity contribution in [1.29, 1.82) is 0 Å². The molecule has 0 aliphatic heterocycles. The second-order valence-electron chi connectivity index (χ2n) is 2.10. The lowest BCUT2D eigenvalue weighted by molar-refractivity contribution is 0.132. The molecule has 1 aliphatic rings. The monoisotopic (exact) mass is 133 g/mol. The zero-order chi connectivity index (χ0) is 5.98. The van der Waals surface area contributed by atoms with E-state index in [2.05, 4.69) is 0 Å². The lowest BCUT2D eigenvalue weighted by Gasteiger charge is -2.18. The third-order valence-corrected chi connectivity index (χ3v) is 1.94. The van der Waals surface area contributed by atoms with Crippen molar-refractivity contribution in [2.75, 3.05) is 6.66 Å². The Balaban J connectivity index is 2.09. The van der Waals surface area contributed by atoms with Gasteiger partial charge in [-0.2, -0.15) is 0 Å². The predicted octanol–water partition coefficient (Wildman–Crippen LogP) is 1.93. The minimum Gasteiger partial charge on any atom is -0.143 e. The summed E-state index contributed by atoms with van der Waals surface area (Å²) < 4.78 is 15.4. The van der Waals surface area contributed by atoms with Crippen molar-refractivity contribution in [2.24, 2.45) is 0 Å². The zero-order valence-corrected chi connectivity index (χ0v) is 5.86. The van der Waals surface area contributed by atoms with Gasteiger partial charge in [-0.3, -0.25) is 0 Å². The highest BCUT2D eigenvalue weighted by atomic mass is 31.1. The van der Waals surface area contributed by atoms with Crippen LogP contribution < -0.4 is 0 Å². The smallest absolute Gasteiger partial charge is 0.143 e. The summed E-state index contributed by atoms with van der Waals surface area (Å²) in [7, 11) is -1.34. The van der Waals surface area contributed by atoms with Crippen molar-refractivity contribution in [1.82, 2.24) is 0 Å². The average molecular weight is 133 g/mol.